The molecule has 6 rings (SSSR count). The average molecular weight is 700 g/mol. The number of esters is 1. The first-order valence-corrected chi connectivity index (χ1v) is 19.6. The summed E-state index contributed by atoms with van der Waals surface area (Å²) in [5, 5.41) is 22.9. The van der Waals surface area contributed by atoms with Crippen molar-refractivity contribution in [3.8, 4) is 0 Å². The van der Waals surface area contributed by atoms with Gasteiger partial charge in [-0.25, -0.2) is 9.59 Å². The first kappa shape index (κ1) is 38.1. The number of amides is 1. The molecule has 50 heavy (non-hydrogen) atoms. The Morgan fingerprint density at radius 2 is 1.60 bits per heavy atom. The Balaban J connectivity index is 1.24. The van der Waals surface area contributed by atoms with Gasteiger partial charge in [0.15, 0.2) is 0 Å². The zero-order valence-electron chi connectivity index (χ0n) is 33.6. The minimum absolute atomic E-state index is 0.00435. The van der Waals surface area contributed by atoms with Gasteiger partial charge in [0.05, 0.1) is 23.4 Å². The van der Waals surface area contributed by atoms with Crippen LogP contribution in [0.3, 0.4) is 0 Å². The van der Waals surface area contributed by atoms with E-state index in [0.29, 0.717) is 5.92 Å². The van der Waals surface area contributed by atoms with E-state index in [-0.39, 0.29) is 63.0 Å². The summed E-state index contributed by atoms with van der Waals surface area (Å²) in [4.78, 5) is 28.4. The summed E-state index contributed by atoms with van der Waals surface area (Å²) in [5.74, 6) is 0.154. The summed E-state index contributed by atoms with van der Waals surface area (Å²) in [6, 6.07) is -0.745. The molecule has 1 heterocycles. The van der Waals surface area contributed by atoms with Gasteiger partial charge in [-0.2, -0.15) is 0 Å². The van der Waals surface area contributed by atoms with Crippen LogP contribution in [-0.2, 0) is 19.0 Å². The summed E-state index contributed by atoms with van der Waals surface area (Å²) < 4.78 is 18.8. The third-order valence-corrected chi connectivity index (χ3v) is 15.9. The van der Waals surface area contributed by atoms with Crippen LogP contribution in [0.4, 0.5) is 4.79 Å². The number of hydrogen-bond acceptors (Lipinski definition) is 7. The third kappa shape index (κ3) is 5.28. The SMILES string of the molecule is C=C1CC2C3(CC[C@]4(C)[C@@H]([C@@]5(C)CC[C@@H](C(C)(C)O)O5)[C@@H](O)C[C@@]24C)C[C@@]32CC[C@H](OC(=O)[C@H](C(C)C)N(C)C(=O)OC(C)(C)C)C(C)(C)C12. The van der Waals surface area contributed by atoms with E-state index in [1.54, 1.807) is 7.05 Å². The van der Waals surface area contributed by atoms with Crippen LogP contribution in [0.1, 0.15) is 141 Å². The maximum Gasteiger partial charge on any atom is 0.410 e. The minimum Gasteiger partial charge on any atom is -0.460 e. The number of allylic oxidation sites excluding steroid dienone is 1. The average Bonchev–Trinajstić information content (AvgIpc) is 3.30. The van der Waals surface area contributed by atoms with Gasteiger partial charge in [-0.15, -0.1) is 0 Å². The molecule has 1 aliphatic heterocycles. The number of fused-ring (bicyclic) bond motifs is 2. The number of hydrogen-bond donors (Lipinski definition) is 2. The van der Waals surface area contributed by atoms with Crippen LogP contribution < -0.4 is 0 Å². The number of nitrogens with zero attached hydrogens (tertiary/aromatic N) is 1. The highest BCUT2D eigenvalue weighted by Crippen LogP contribution is 2.90. The molecule has 0 radical (unpaired) electrons. The lowest BCUT2D eigenvalue weighted by Crippen LogP contribution is -2.60. The van der Waals surface area contributed by atoms with Crippen LogP contribution in [0.5, 0.6) is 0 Å². The van der Waals surface area contributed by atoms with Gasteiger partial charge in [-0.1, -0.05) is 53.7 Å². The zero-order chi connectivity index (χ0) is 37.4. The quantitative estimate of drug-likeness (QED) is 0.213. The van der Waals surface area contributed by atoms with Crippen LogP contribution in [0.25, 0.3) is 0 Å². The molecule has 1 amide bonds. The fourth-order valence-corrected chi connectivity index (χ4v) is 13.8. The highest BCUT2D eigenvalue weighted by atomic mass is 16.6. The predicted molar refractivity (Wildman–Crippen MR) is 194 cm³/mol. The summed E-state index contributed by atoms with van der Waals surface area (Å²) in [5.41, 5.74) is -0.962. The molecule has 284 valence electrons. The van der Waals surface area contributed by atoms with Gasteiger partial charge in [0, 0.05) is 18.4 Å². The van der Waals surface area contributed by atoms with E-state index in [1.807, 2.05) is 48.5 Å². The maximum absolute atomic E-state index is 13.9. The predicted octanol–water partition coefficient (Wildman–Crippen LogP) is 8.07. The highest BCUT2D eigenvalue weighted by Gasteiger charge is 2.84. The van der Waals surface area contributed by atoms with Gasteiger partial charge in [0.1, 0.15) is 17.7 Å². The van der Waals surface area contributed by atoms with Crippen LogP contribution in [0, 0.1) is 50.7 Å². The maximum atomic E-state index is 13.9. The van der Waals surface area contributed by atoms with E-state index in [9.17, 15) is 19.8 Å². The normalized spacial score (nSPS) is 45.6. The van der Waals surface area contributed by atoms with Crippen molar-refractivity contribution >= 4 is 12.1 Å². The van der Waals surface area contributed by atoms with Gasteiger partial charge in [-0.05, 0) is 139 Å². The Kier molecular flexibility index (Phi) is 8.71. The molecular formula is C42H69NO7. The van der Waals surface area contributed by atoms with Gasteiger partial charge >= 0.3 is 12.1 Å². The summed E-state index contributed by atoms with van der Waals surface area (Å²) >= 11 is 0. The number of aliphatic hydroxyl groups is 2. The Morgan fingerprint density at radius 3 is 2.16 bits per heavy atom. The molecule has 5 aliphatic carbocycles. The number of carbonyl (C=O) groups is 2. The van der Waals surface area contributed by atoms with E-state index in [0.717, 1.165) is 51.4 Å². The fraction of sp³-hybridized carbons (Fsp3) is 0.905. The standard InChI is InChI=1S/C42H69NO7/c1-24(2)30(43(14)34(46)50-35(4,5)6)33(45)48-28-16-18-42-23-41(42)20-19-38(11)32(40(13)17-15-29(49-40)37(9,10)47)26(44)22-39(38,12)27(41)21-25(3)31(42)36(28,7)8/h24,26-32,44,47H,3,15-23H2,1-2,4-14H3/t26-,27?,28-,29-,30-,31?,32-,38+,39-,40+,41?,42+/m0/s1. The van der Waals surface area contributed by atoms with E-state index in [1.165, 1.54) is 16.9 Å². The topological polar surface area (TPSA) is 106 Å². The Morgan fingerprint density at radius 1 is 0.960 bits per heavy atom. The smallest absolute Gasteiger partial charge is 0.410 e. The van der Waals surface area contributed by atoms with Crippen molar-refractivity contribution < 1.29 is 34.0 Å². The van der Waals surface area contributed by atoms with Crippen molar-refractivity contribution in [2.75, 3.05) is 7.05 Å². The lowest BCUT2D eigenvalue weighted by atomic mass is 9.41. The third-order valence-electron chi connectivity index (χ3n) is 15.9. The lowest BCUT2D eigenvalue weighted by molar-refractivity contribution is -0.194. The molecule has 6 aliphatic rings. The molecule has 12 atom stereocenters. The monoisotopic (exact) mass is 700 g/mol. The summed E-state index contributed by atoms with van der Waals surface area (Å²) in [6.07, 6.45) is 7.03. The fourth-order valence-electron chi connectivity index (χ4n) is 13.8. The molecule has 6 fully saturated rings. The summed E-state index contributed by atoms with van der Waals surface area (Å²) in [7, 11) is 1.63. The van der Waals surface area contributed by atoms with Crippen molar-refractivity contribution in [3.63, 3.8) is 0 Å². The van der Waals surface area contributed by atoms with Gasteiger partial charge in [0.2, 0.25) is 0 Å². The lowest BCUT2D eigenvalue weighted by Gasteiger charge is -2.64. The molecule has 0 aromatic rings. The van der Waals surface area contributed by atoms with Gasteiger partial charge in [-0.3, -0.25) is 4.90 Å². The van der Waals surface area contributed by atoms with Crippen molar-refractivity contribution in [2.45, 2.75) is 182 Å². The number of likely N-dealkylation sites (N-methyl/N-ethyl adjacent to an activating group) is 1. The van der Waals surface area contributed by atoms with Crippen molar-refractivity contribution in [3.05, 3.63) is 12.2 Å². The first-order valence-electron chi connectivity index (χ1n) is 19.6. The van der Waals surface area contributed by atoms with Crippen molar-refractivity contribution in [1.82, 2.24) is 4.90 Å². The molecule has 2 N–H and O–H groups in total. The van der Waals surface area contributed by atoms with Crippen molar-refractivity contribution in [1.29, 1.82) is 0 Å². The molecule has 8 nitrogen and oxygen atoms in total. The van der Waals surface area contributed by atoms with E-state index < -0.39 is 35.0 Å². The Bertz CT molecular complexity index is 1410. The second-order valence-electron chi connectivity index (χ2n) is 21.1. The van der Waals surface area contributed by atoms with E-state index in [4.69, 9.17) is 20.8 Å². The molecule has 0 bridgehead atoms. The zero-order valence-corrected chi connectivity index (χ0v) is 33.6. The molecule has 2 spiro atoms. The highest BCUT2D eigenvalue weighted by molar-refractivity contribution is 5.82. The van der Waals surface area contributed by atoms with Crippen LogP contribution in [0.15, 0.2) is 12.2 Å². The first-order chi connectivity index (χ1) is 22.7. The largest absolute Gasteiger partial charge is 0.460 e. The van der Waals surface area contributed by atoms with Crippen LogP contribution in [0.2, 0.25) is 0 Å². The second-order valence-corrected chi connectivity index (χ2v) is 21.1. The van der Waals surface area contributed by atoms with Gasteiger partial charge in [0.25, 0.3) is 0 Å². The number of carbonyl (C=O) groups excluding carboxylic acids is 2. The molecule has 0 aromatic heterocycles. The minimum atomic E-state index is -0.914. The van der Waals surface area contributed by atoms with E-state index >= 15 is 0 Å². The Labute approximate surface area is 302 Å². The van der Waals surface area contributed by atoms with Crippen molar-refractivity contribution in [2.24, 2.45) is 50.7 Å². The number of rotatable bonds is 6. The molecule has 1 saturated heterocycles. The van der Waals surface area contributed by atoms with E-state index in [2.05, 4.69) is 34.6 Å². The number of ether oxygens (including phenoxy) is 3. The molecule has 8 heteroatoms. The number of aliphatic hydroxyl groups excluding tert-OH is 1. The Hall–Kier alpha value is -1.64. The molecule has 3 unspecified atom stereocenters. The summed E-state index contributed by atoms with van der Waals surface area (Å²) in [6.45, 7) is 29.5. The van der Waals surface area contributed by atoms with Crippen LogP contribution >= 0.6 is 0 Å². The van der Waals surface area contributed by atoms with Gasteiger partial charge < -0.3 is 24.4 Å². The second kappa shape index (κ2) is 11.4. The molecular weight excluding hydrogens is 630 g/mol. The molecule has 0 aromatic carbocycles. The van der Waals surface area contributed by atoms with Crippen LogP contribution in [-0.4, -0.2) is 75.4 Å². The molecule has 5 saturated carbocycles.